The summed E-state index contributed by atoms with van der Waals surface area (Å²) in [5.74, 6) is 0.0491. The Morgan fingerprint density at radius 1 is 1.29 bits per heavy atom. The van der Waals surface area contributed by atoms with Crippen molar-refractivity contribution in [2.75, 3.05) is 18.0 Å². The quantitative estimate of drug-likeness (QED) is 0.727. The number of carbonyl (C=O) groups excluding carboxylic acids is 1. The average molecular weight is 291 g/mol. The van der Waals surface area contributed by atoms with Crippen molar-refractivity contribution in [2.45, 2.75) is 19.4 Å². The molecule has 1 aromatic rings. The molecule has 2 heterocycles. The Balaban J connectivity index is 2.74. The molecule has 1 atom stereocenters. The fourth-order valence-electron chi connectivity index (χ4n) is 2.64. The molecule has 0 saturated carbocycles. The normalized spacial score (nSPS) is 18.3. The van der Waals surface area contributed by atoms with Gasteiger partial charge in [-0.05, 0) is 6.42 Å². The van der Waals surface area contributed by atoms with Crippen LogP contribution in [0.4, 0.5) is 5.82 Å². The van der Waals surface area contributed by atoms with E-state index in [0.717, 1.165) is 4.57 Å². The van der Waals surface area contributed by atoms with E-state index in [1.807, 2.05) is 13.0 Å². The zero-order valence-electron chi connectivity index (χ0n) is 12.2. The number of nitriles is 1. The van der Waals surface area contributed by atoms with E-state index in [-0.39, 0.29) is 17.3 Å². The first-order valence-corrected chi connectivity index (χ1v) is 6.68. The third-order valence-corrected chi connectivity index (χ3v) is 3.74. The highest BCUT2D eigenvalue weighted by Gasteiger charge is 2.32. The van der Waals surface area contributed by atoms with Crippen LogP contribution in [0.15, 0.2) is 9.59 Å². The Morgan fingerprint density at radius 2 is 1.95 bits per heavy atom. The SMILES string of the molecule is CCC1C(=O)NCCN1c1c(C#N)c(=O)n(C)c(=O)n1C. The van der Waals surface area contributed by atoms with Gasteiger partial charge in [-0.1, -0.05) is 6.92 Å². The zero-order valence-corrected chi connectivity index (χ0v) is 12.2. The van der Waals surface area contributed by atoms with Crippen molar-refractivity contribution < 1.29 is 4.79 Å². The molecular weight excluding hydrogens is 274 g/mol. The van der Waals surface area contributed by atoms with E-state index >= 15 is 0 Å². The summed E-state index contributed by atoms with van der Waals surface area (Å²) in [6.07, 6.45) is 0.514. The van der Waals surface area contributed by atoms with E-state index in [0.29, 0.717) is 19.5 Å². The molecule has 0 bridgehead atoms. The van der Waals surface area contributed by atoms with E-state index in [1.54, 1.807) is 4.90 Å². The highest BCUT2D eigenvalue weighted by molar-refractivity contribution is 5.86. The van der Waals surface area contributed by atoms with Crippen LogP contribution >= 0.6 is 0 Å². The summed E-state index contributed by atoms with van der Waals surface area (Å²) in [6, 6.07) is 1.37. The lowest BCUT2D eigenvalue weighted by molar-refractivity contribution is -0.123. The van der Waals surface area contributed by atoms with E-state index in [1.165, 1.54) is 18.7 Å². The zero-order chi connectivity index (χ0) is 15.7. The molecule has 2 rings (SSSR count). The third-order valence-electron chi connectivity index (χ3n) is 3.74. The van der Waals surface area contributed by atoms with Crippen molar-refractivity contribution in [2.24, 2.45) is 14.1 Å². The molecule has 0 aliphatic carbocycles. The van der Waals surface area contributed by atoms with Gasteiger partial charge in [-0.25, -0.2) is 4.79 Å². The van der Waals surface area contributed by atoms with Crippen LogP contribution in [0.3, 0.4) is 0 Å². The van der Waals surface area contributed by atoms with Gasteiger partial charge in [-0.3, -0.25) is 18.7 Å². The summed E-state index contributed by atoms with van der Waals surface area (Å²) in [6.45, 7) is 2.69. The maximum Gasteiger partial charge on any atom is 0.332 e. The summed E-state index contributed by atoms with van der Waals surface area (Å²) in [5, 5.41) is 12.0. The van der Waals surface area contributed by atoms with E-state index in [9.17, 15) is 19.6 Å². The molecule has 21 heavy (non-hydrogen) atoms. The molecule has 0 spiro atoms. The van der Waals surface area contributed by atoms with Gasteiger partial charge in [0.05, 0.1) is 0 Å². The van der Waals surface area contributed by atoms with E-state index in [2.05, 4.69) is 5.32 Å². The molecule has 1 aromatic heterocycles. The Labute approximate surface area is 121 Å². The number of rotatable bonds is 2. The summed E-state index contributed by atoms with van der Waals surface area (Å²) in [7, 11) is 2.83. The lowest BCUT2D eigenvalue weighted by Crippen LogP contribution is -2.57. The van der Waals surface area contributed by atoms with Gasteiger partial charge in [0.25, 0.3) is 5.56 Å². The molecule has 8 nitrogen and oxygen atoms in total. The first-order chi connectivity index (χ1) is 9.93. The minimum atomic E-state index is -0.642. The number of carbonyl (C=O) groups is 1. The molecule has 8 heteroatoms. The Hall–Kier alpha value is -2.56. The van der Waals surface area contributed by atoms with Crippen LogP contribution in [0.1, 0.15) is 18.9 Å². The molecule has 1 unspecified atom stereocenters. The third kappa shape index (κ3) is 2.20. The summed E-state index contributed by atoms with van der Waals surface area (Å²) in [5.41, 5.74) is -1.28. The van der Waals surface area contributed by atoms with Gasteiger partial charge in [-0.2, -0.15) is 5.26 Å². The number of aromatic nitrogens is 2. The molecule has 1 aliphatic rings. The fraction of sp³-hybridized carbons (Fsp3) is 0.538. The summed E-state index contributed by atoms with van der Waals surface area (Å²) in [4.78, 5) is 37.8. The predicted molar refractivity (Wildman–Crippen MR) is 76.1 cm³/mol. The standard InChI is InChI=1S/C13H17N5O3/c1-4-9-10(19)15-5-6-18(9)11-8(7-14)12(20)17(3)13(21)16(11)2/h9H,4-6H2,1-3H3,(H,15,19). The van der Waals surface area contributed by atoms with Crippen LogP contribution in [0.5, 0.6) is 0 Å². The van der Waals surface area contributed by atoms with Crippen LogP contribution in [0, 0.1) is 11.3 Å². The number of piperazine rings is 1. The maximum atomic E-state index is 12.1. The predicted octanol–water partition coefficient (Wildman–Crippen LogP) is -1.33. The van der Waals surface area contributed by atoms with Crippen LogP contribution < -0.4 is 21.5 Å². The molecule has 1 N–H and O–H groups in total. The molecule has 1 fully saturated rings. The molecule has 1 aliphatic heterocycles. The van der Waals surface area contributed by atoms with Gasteiger partial charge in [0.2, 0.25) is 5.91 Å². The summed E-state index contributed by atoms with van der Waals surface area (Å²) < 4.78 is 2.15. The minimum Gasteiger partial charge on any atom is -0.353 e. The molecule has 0 aromatic carbocycles. The lowest BCUT2D eigenvalue weighted by Gasteiger charge is -2.37. The van der Waals surface area contributed by atoms with Crippen molar-refractivity contribution >= 4 is 11.7 Å². The van der Waals surface area contributed by atoms with Crippen molar-refractivity contribution in [3.05, 3.63) is 26.4 Å². The summed E-state index contributed by atoms with van der Waals surface area (Å²) >= 11 is 0. The number of hydrogen-bond acceptors (Lipinski definition) is 5. The van der Waals surface area contributed by atoms with Crippen molar-refractivity contribution in [1.29, 1.82) is 5.26 Å². The molecule has 112 valence electrons. The van der Waals surface area contributed by atoms with Gasteiger partial charge in [0.15, 0.2) is 5.56 Å². The highest BCUT2D eigenvalue weighted by Crippen LogP contribution is 2.20. The smallest absolute Gasteiger partial charge is 0.332 e. The highest BCUT2D eigenvalue weighted by atomic mass is 16.2. The van der Waals surface area contributed by atoms with Crippen LogP contribution in [-0.2, 0) is 18.9 Å². The second kappa shape index (κ2) is 5.44. The maximum absolute atomic E-state index is 12.1. The molecule has 1 amide bonds. The molecular formula is C13H17N5O3. The largest absolute Gasteiger partial charge is 0.353 e. The number of nitrogens with one attached hydrogen (secondary N) is 1. The van der Waals surface area contributed by atoms with Gasteiger partial charge in [0, 0.05) is 27.2 Å². The van der Waals surface area contributed by atoms with Gasteiger partial charge >= 0.3 is 5.69 Å². The van der Waals surface area contributed by atoms with Gasteiger partial charge in [0.1, 0.15) is 17.9 Å². The number of anilines is 1. The first-order valence-electron chi connectivity index (χ1n) is 6.68. The second-order valence-electron chi connectivity index (χ2n) is 4.92. The van der Waals surface area contributed by atoms with E-state index < -0.39 is 17.3 Å². The van der Waals surface area contributed by atoms with Crippen LogP contribution in [0.2, 0.25) is 0 Å². The van der Waals surface area contributed by atoms with Crippen molar-refractivity contribution in [1.82, 2.24) is 14.5 Å². The molecule has 0 radical (unpaired) electrons. The topological polar surface area (TPSA) is 100 Å². The Morgan fingerprint density at radius 3 is 2.52 bits per heavy atom. The Kier molecular flexibility index (Phi) is 3.84. The number of hydrogen-bond donors (Lipinski definition) is 1. The molecule has 1 saturated heterocycles. The van der Waals surface area contributed by atoms with Gasteiger partial charge in [-0.15, -0.1) is 0 Å². The van der Waals surface area contributed by atoms with Crippen LogP contribution in [0.25, 0.3) is 0 Å². The van der Waals surface area contributed by atoms with Crippen molar-refractivity contribution in [3.8, 4) is 6.07 Å². The monoisotopic (exact) mass is 291 g/mol. The fourth-order valence-corrected chi connectivity index (χ4v) is 2.64. The van der Waals surface area contributed by atoms with Crippen molar-refractivity contribution in [3.63, 3.8) is 0 Å². The van der Waals surface area contributed by atoms with Gasteiger partial charge < -0.3 is 10.2 Å². The average Bonchev–Trinajstić information content (AvgIpc) is 2.48. The second-order valence-corrected chi connectivity index (χ2v) is 4.92. The number of amides is 1. The van der Waals surface area contributed by atoms with Crippen LogP contribution in [-0.4, -0.2) is 34.2 Å². The lowest BCUT2D eigenvalue weighted by atomic mass is 10.1. The minimum absolute atomic E-state index is 0.118. The number of nitrogens with zero attached hydrogens (tertiary/aromatic N) is 4. The Bertz CT molecular complexity index is 740. The first kappa shape index (κ1) is 14.8. The van der Waals surface area contributed by atoms with E-state index in [4.69, 9.17) is 0 Å².